The van der Waals surface area contributed by atoms with Crippen LogP contribution in [0.3, 0.4) is 0 Å². The first-order chi connectivity index (χ1) is 4.47. The van der Waals surface area contributed by atoms with Crippen molar-refractivity contribution < 1.29 is 5.11 Å². The van der Waals surface area contributed by atoms with E-state index in [1.807, 2.05) is 13.0 Å². The van der Waals surface area contributed by atoms with Crippen molar-refractivity contribution in [3.8, 4) is 0 Å². The van der Waals surface area contributed by atoms with Crippen molar-refractivity contribution in [1.29, 1.82) is 0 Å². The fraction of sp³-hybridized carbons (Fsp3) is 0.778. The quantitative estimate of drug-likeness (QED) is 0.553. The van der Waals surface area contributed by atoms with E-state index in [0.717, 1.165) is 19.3 Å². The van der Waals surface area contributed by atoms with Gasteiger partial charge in [-0.25, -0.2) is 0 Å². The van der Waals surface area contributed by atoms with Gasteiger partial charge < -0.3 is 5.11 Å². The van der Waals surface area contributed by atoms with Crippen LogP contribution < -0.4 is 0 Å². The maximum absolute atomic E-state index is 9.61. The van der Waals surface area contributed by atoms with E-state index in [4.69, 9.17) is 0 Å². The molecule has 10 heavy (non-hydrogen) atoms. The van der Waals surface area contributed by atoms with Crippen LogP contribution in [0.25, 0.3) is 0 Å². The standard InChI is InChI=1S/C9H16O/c1-4-8(2)5-6-9(3,10)7-8/h4,10H,1,5-7H2,2-3H3/t8-,9-/m0/s1. The van der Waals surface area contributed by atoms with Crippen molar-refractivity contribution >= 4 is 0 Å². The van der Waals surface area contributed by atoms with Gasteiger partial charge in [-0.3, -0.25) is 0 Å². The largest absolute Gasteiger partial charge is 0.390 e. The fourth-order valence-corrected chi connectivity index (χ4v) is 1.78. The number of allylic oxidation sites excluding steroid dienone is 1. The molecule has 2 atom stereocenters. The number of hydrogen-bond acceptors (Lipinski definition) is 1. The molecule has 1 rings (SSSR count). The van der Waals surface area contributed by atoms with Crippen molar-refractivity contribution in [2.45, 2.75) is 38.7 Å². The minimum Gasteiger partial charge on any atom is -0.390 e. The summed E-state index contributed by atoms with van der Waals surface area (Å²) in [5, 5.41) is 9.61. The predicted molar refractivity (Wildman–Crippen MR) is 42.8 cm³/mol. The third-order valence-corrected chi connectivity index (χ3v) is 2.51. The Kier molecular flexibility index (Phi) is 1.63. The van der Waals surface area contributed by atoms with Crippen molar-refractivity contribution in [1.82, 2.24) is 0 Å². The second-order valence-electron chi connectivity index (χ2n) is 4.03. The van der Waals surface area contributed by atoms with Gasteiger partial charge >= 0.3 is 0 Å². The first-order valence-electron chi connectivity index (χ1n) is 3.83. The molecule has 0 heterocycles. The molecule has 1 heteroatoms. The molecule has 0 radical (unpaired) electrons. The number of rotatable bonds is 1. The summed E-state index contributed by atoms with van der Waals surface area (Å²) >= 11 is 0. The van der Waals surface area contributed by atoms with Crippen LogP contribution in [0.1, 0.15) is 33.1 Å². The molecular weight excluding hydrogens is 124 g/mol. The summed E-state index contributed by atoms with van der Waals surface area (Å²) in [6, 6.07) is 0. The lowest BCUT2D eigenvalue weighted by molar-refractivity contribution is 0.0597. The molecule has 58 valence electrons. The number of hydrogen-bond donors (Lipinski definition) is 1. The first kappa shape index (κ1) is 7.80. The smallest absolute Gasteiger partial charge is 0.0628 e. The van der Waals surface area contributed by atoms with Crippen molar-refractivity contribution in [3.05, 3.63) is 12.7 Å². The van der Waals surface area contributed by atoms with E-state index in [9.17, 15) is 5.11 Å². The van der Waals surface area contributed by atoms with Gasteiger partial charge in [-0.05, 0) is 31.6 Å². The molecule has 0 unspecified atom stereocenters. The summed E-state index contributed by atoms with van der Waals surface area (Å²) in [4.78, 5) is 0. The van der Waals surface area contributed by atoms with E-state index in [2.05, 4.69) is 13.5 Å². The zero-order chi connectivity index (χ0) is 7.83. The Morgan fingerprint density at radius 1 is 1.40 bits per heavy atom. The van der Waals surface area contributed by atoms with Crippen LogP contribution in [0.5, 0.6) is 0 Å². The third kappa shape index (κ3) is 1.40. The highest BCUT2D eigenvalue weighted by Gasteiger charge is 2.39. The summed E-state index contributed by atoms with van der Waals surface area (Å²) in [7, 11) is 0. The summed E-state index contributed by atoms with van der Waals surface area (Å²) in [6.07, 6.45) is 4.82. The Hall–Kier alpha value is -0.300. The second kappa shape index (κ2) is 2.09. The molecule has 0 bridgehead atoms. The molecule has 0 aliphatic heterocycles. The van der Waals surface area contributed by atoms with Crippen LogP contribution in [-0.4, -0.2) is 10.7 Å². The number of aliphatic hydroxyl groups is 1. The average molecular weight is 140 g/mol. The first-order valence-corrected chi connectivity index (χ1v) is 3.83. The molecule has 1 aliphatic carbocycles. The predicted octanol–water partition coefficient (Wildman–Crippen LogP) is 2.11. The van der Waals surface area contributed by atoms with Gasteiger partial charge in [0, 0.05) is 0 Å². The molecule has 0 saturated heterocycles. The van der Waals surface area contributed by atoms with E-state index < -0.39 is 5.60 Å². The lowest BCUT2D eigenvalue weighted by atomic mass is 9.87. The highest BCUT2D eigenvalue weighted by atomic mass is 16.3. The Bertz CT molecular complexity index is 149. The van der Waals surface area contributed by atoms with E-state index in [1.54, 1.807) is 0 Å². The van der Waals surface area contributed by atoms with Crippen LogP contribution in [-0.2, 0) is 0 Å². The Labute approximate surface area is 62.8 Å². The highest BCUT2D eigenvalue weighted by Crippen LogP contribution is 2.44. The van der Waals surface area contributed by atoms with Gasteiger partial charge in [0.2, 0.25) is 0 Å². The Morgan fingerprint density at radius 2 is 2.00 bits per heavy atom. The van der Waals surface area contributed by atoms with Gasteiger partial charge in [0.05, 0.1) is 5.60 Å². The normalized spacial score (nSPS) is 47.5. The van der Waals surface area contributed by atoms with Crippen LogP contribution in [0.2, 0.25) is 0 Å². The molecular formula is C9H16O. The van der Waals surface area contributed by atoms with Gasteiger partial charge in [-0.1, -0.05) is 13.0 Å². The van der Waals surface area contributed by atoms with Crippen LogP contribution in [0.4, 0.5) is 0 Å². The minimum atomic E-state index is -0.442. The van der Waals surface area contributed by atoms with Gasteiger partial charge in [0.1, 0.15) is 0 Å². The van der Waals surface area contributed by atoms with Crippen molar-refractivity contribution in [3.63, 3.8) is 0 Å². The highest BCUT2D eigenvalue weighted by molar-refractivity contribution is 5.02. The SMILES string of the molecule is C=C[C@@]1(C)CC[C@](C)(O)C1. The Balaban J connectivity index is 2.66. The van der Waals surface area contributed by atoms with E-state index >= 15 is 0 Å². The Morgan fingerprint density at radius 3 is 2.20 bits per heavy atom. The van der Waals surface area contributed by atoms with Gasteiger partial charge in [-0.15, -0.1) is 6.58 Å². The maximum Gasteiger partial charge on any atom is 0.0628 e. The van der Waals surface area contributed by atoms with Crippen LogP contribution >= 0.6 is 0 Å². The summed E-state index contributed by atoms with van der Waals surface area (Å²) in [5.41, 5.74) is -0.258. The lowest BCUT2D eigenvalue weighted by Gasteiger charge is -2.21. The van der Waals surface area contributed by atoms with E-state index in [-0.39, 0.29) is 5.41 Å². The zero-order valence-electron chi connectivity index (χ0n) is 6.85. The van der Waals surface area contributed by atoms with Crippen LogP contribution in [0.15, 0.2) is 12.7 Å². The lowest BCUT2D eigenvalue weighted by Crippen LogP contribution is -2.21. The maximum atomic E-state index is 9.61. The fourth-order valence-electron chi connectivity index (χ4n) is 1.78. The average Bonchev–Trinajstić information content (AvgIpc) is 2.08. The summed E-state index contributed by atoms with van der Waals surface area (Å²) in [5.74, 6) is 0. The monoisotopic (exact) mass is 140 g/mol. The molecule has 0 aromatic carbocycles. The van der Waals surface area contributed by atoms with Crippen molar-refractivity contribution in [2.75, 3.05) is 0 Å². The molecule has 1 N–H and O–H groups in total. The molecule has 0 aromatic heterocycles. The molecule has 0 spiro atoms. The molecule has 1 nitrogen and oxygen atoms in total. The summed E-state index contributed by atoms with van der Waals surface area (Å²) in [6.45, 7) is 7.83. The molecule has 0 aromatic rings. The van der Waals surface area contributed by atoms with E-state index in [0.29, 0.717) is 0 Å². The van der Waals surface area contributed by atoms with Gasteiger partial charge in [0.25, 0.3) is 0 Å². The second-order valence-corrected chi connectivity index (χ2v) is 4.03. The van der Waals surface area contributed by atoms with Gasteiger partial charge in [0.15, 0.2) is 0 Å². The molecule has 1 aliphatic rings. The van der Waals surface area contributed by atoms with Crippen molar-refractivity contribution in [2.24, 2.45) is 5.41 Å². The van der Waals surface area contributed by atoms with Crippen LogP contribution in [0, 0.1) is 5.41 Å². The van der Waals surface area contributed by atoms with E-state index in [1.165, 1.54) is 0 Å². The zero-order valence-corrected chi connectivity index (χ0v) is 6.85. The van der Waals surface area contributed by atoms with Gasteiger partial charge in [-0.2, -0.15) is 0 Å². The molecule has 1 fully saturated rings. The third-order valence-electron chi connectivity index (χ3n) is 2.51. The molecule has 0 amide bonds. The summed E-state index contributed by atoms with van der Waals surface area (Å²) < 4.78 is 0. The minimum absolute atomic E-state index is 0.184. The molecule has 1 saturated carbocycles. The topological polar surface area (TPSA) is 20.2 Å².